The summed E-state index contributed by atoms with van der Waals surface area (Å²) in [7, 11) is -2.89. The van der Waals surface area contributed by atoms with E-state index in [9.17, 15) is 8.42 Å². The number of rotatable bonds is 7. The van der Waals surface area contributed by atoms with Crippen molar-refractivity contribution in [2.75, 3.05) is 23.9 Å². The van der Waals surface area contributed by atoms with Gasteiger partial charge in [0.25, 0.3) is 0 Å². The molecular formula is C9H20O3S2. The number of aliphatic hydroxyl groups is 1. The van der Waals surface area contributed by atoms with Crippen LogP contribution < -0.4 is 0 Å². The zero-order valence-corrected chi connectivity index (χ0v) is 10.7. The summed E-state index contributed by atoms with van der Waals surface area (Å²) >= 11 is 1.59. The molecule has 0 fully saturated rings. The Kier molecular flexibility index (Phi) is 6.81. The van der Waals surface area contributed by atoms with Crippen molar-refractivity contribution in [2.45, 2.75) is 26.0 Å². The van der Waals surface area contributed by atoms with E-state index in [1.165, 1.54) is 0 Å². The van der Waals surface area contributed by atoms with Crippen LogP contribution in [0.5, 0.6) is 0 Å². The summed E-state index contributed by atoms with van der Waals surface area (Å²) in [5.74, 6) is 1.95. The smallest absolute Gasteiger partial charge is 0.153 e. The van der Waals surface area contributed by atoms with Gasteiger partial charge in [-0.2, -0.15) is 11.8 Å². The fraction of sp³-hybridized carbons (Fsp3) is 1.00. The normalized spacial score (nSPS) is 14.6. The van der Waals surface area contributed by atoms with Gasteiger partial charge in [0.1, 0.15) is 0 Å². The van der Waals surface area contributed by atoms with Crippen LogP contribution in [0.25, 0.3) is 0 Å². The summed E-state index contributed by atoms with van der Waals surface area (Å²) in [5.41, 5.74) is 0. The SMILES string of the molecule is CC(CO)CSCCS(=O)(=O)C(C)C. The van der Waals surface area contributed by atoms with E-state index in [0.717, 1.165) is 5.75 Å². The third-order valence-corrected chi connectivity index (χ3v) is 5.71. The number of hydrogen-bond donors (Lipinski definition) is 1. The molecule has 1 N–H and O–H groups in total. The summed E-state index contributed by atoms with van der Waals surface area (Å²) < 4.78 is 22.8. The van der Waals surface area contributed by atoms with Crippen LogP contribution in [-0.2, 0) is 9.84 Å². The monoisotopic (exact) mass is 240 g/mol. The largest absolute Gasteiger partial charge is 0.396 e. The first-order chi connectivity index (χ1) is 6.40. The van der Waals surface area contributed by atoms with Gasteiger partial charge in [-0.15, -0.1) is 0 Å². The molecule has 14 heavy (non-hydrogen) atoms. The number of sulfone groups is 1. The van der Waals surface area contributed by atoms with Crippen molar-refractivity contribution in [2.24, 2.45) is 5.92 Å². The van der Waals surface area contributed by atoms with Gasteiger partial charge in [0, 0.05) is 12.4 Å². The van der Waals surface area contributed by atoms with Gasteiger partial charge in [0.15, 0.2) is 9.84 Å². The Balaban J connectivity index is 3.65. The van der Waals surface area contributed by atoms with E-state index < -0.39 is 9.84 Å². The minimum absolute atomic E-state index is 0.171. The van der Waals surface area contributed by atoms with Crippen molar-refractivity contribution in [1.82, 2.24) is 0 Å². The number of hydrogen-bond acceptors (Lipinski definition) is 4. The summed E-state index contributed by atoms with van der Waals surface area (Å²) in [6, 6.07) is 0. The van der Waals surface area contributed by atoms with Crippen molar-refractivity contribution < 1.29 is 13.5 Å². The van der Waals surface area contributed by atoms with Crippen LogP contribution in [0.15, 0.2) is 0 Å². The molecule has 0 aliphatic carbocycles. The summed E-state index contributed by atoms with van der Waals surface area (Å²) in [4.78, 5) is 0. The maximum atomic E-state index is 11.4. The molecule has 3 nitrogen and oxygen atoms in total. The minimum atomic E-state index is -2.89. The third kappa shape index (κ3) is 5.88. The van der Waals surface area contributed by atoms with Gasteiger partial charge >= 0.3 is 0 Å². The lowest BCUT2D eigenvalue weighted by molar-refractivity contribution is 0.250. The Morgan fingerprint density at radius 1 is 1.29 bits per heavy atom. The quantitative estimate of drug-likeness (QED) is 0.679. The van der Waals surface area contributed by atoms with Crippen molar-refractivity contribution in [3.63, 3.8) is 0 Å². The first kappa shape index (κ1) is 14.3. The van der Waals surface area contributed by atoms with E-state index in [0.29, 0.717) is 5.75 Å². The minimum Gasteiger partial charge on any atom is -0.396 e. The molecule has 0 aliphatic rings. The van der Waals surface area contributed by atoms with E-state index in [2.05, 4.69) is 0 Å². The molecule has 0 amide bonds. The molecule has 0 heterocycles. The highest BCUT2D eigenvalue weighted by Crippen LogP contribution is 2.10. The fourth-order valence-corrected chi connectivity index (χ4v) is 3.29. The fourth-order valence-electron chi connectivity index (χ4n) is 0.748. The van der Waals surface area contributed by atoms with Gasteiger partial charge < -0.3 is 5.11 Å². The van der Waals surface area contributed by atoms with Crippen molar-refractivity contribution >= 4 is 21.6 Å². The Bertz CT molecular complexity index is 234. The molecule has 0 saturated carbocycles. The molecule has 86 valence electrons. The first-order valence-corrected chi connectivity index (χ1v) is 7.67. The molecule has 5 heteroatoms. The molecule has 0 rings (SSSR count). The predicted molar refractivity (Wildman–Crippen MR) is 62.5 cm³/mol. The molecule has 1 atom stereocenters. The highest BCUT2D eigenvalue weighted by molar-refractivity contribution is 8.00. The zero-order chi connectivity index (χ0) is 11.2. The molecule has 0 aromatic carbocycles. The molecule has 0 aromatic heterocycles. The summed E-state index contributed by atoms with van der Waals surface area (Å²) in [6.45, 7) is 5.53. The van der Waals surface area contributed by atoms with Crippen molar-refractivity contribution in [3.8, 4) is 0 Å². The Morgan fingerprint density at radius 2 is 1.86 bits per heavy atom. The lowest BCUT2D eigenvalue weighted by atomic mass is 10.2. The van der Waals surface area contributed by atoms with Crippen molar-refractivity contribution in [1.29, 1.82) is 0 Å². The van der Waals surface area contributed by atoms with Crippen LogP contribution in [0.4, 0.5) is 0 Å². The van der Waals surface area contributed by atoms with Crippen LogP contribution >= 0.6 is 11.8 Å². The van der Waals surface area contributed by atoms with Gasteiger partial charge in [-0.25, -0.2) is 8.42 Å². The van der Waals surface area contributed by atoms with Crippen LogP contribution in [0.2, 0.25) is 0 Å². The van der Waals surface area contributed by atoms with E-state index in [-0.39, 0.29) is 23.5 Å². The zero-order valence-electron chi connectivity index (χ0n) is 9.06. The molecular weight excluding hydrogens is 220 g/mol. The van der Waals surface area contributed by atoms with Gasteiger partial charge in [-0.1, -0.05) is 6.92 Å². The highest BCUT2D eigenvalue weighted by Gasteiger charge is 2.15. The van der Waals surface area contributed by atoms with Crippen molar-refractivity contribution in [3.05, 3.63) is 0 Å². The second kappa shape index (κ2) is 6.69. The van der Waals surface area contributed by atoms with Crippen LogP contribution in [0.1, 0.15) is 20.8 Å². The lowest BCUT2D eigenvalue weighted by Gasteiger charge is -2.09. The molecule has 0 radical (unpaired) electrons. The third-order valence-electron chi connectivity index (χ3n) is 1.94. The standard InChI is InChI=1S/C9H20O3S2/c1-8(2)14(11,12)5-4-13-7-9(3)6-10/h8-10H,4-7H2,1-3H3. The topological polar surface area (TPSA) is 54.4 Å². The van der Waals surface area contributed by atoms with Crippen LogP contribution in [-0.4, -0.2) is 42.6 Å². The van der Waals surface area contributed by atoms with E-state index in [1.54, 1.807) is 25.6 Å². The van der Waals surface area contributed by atoms with Gasteiger partial charge in [0.2, 0.25) is 0 Å². The Labute approximate surface area is 91.2 Å². The summed E-state index contributed by atoms with van der Waals surface area (Å²) in [6.07, 6.45) is 0. The predicted octanol–water partition coefficient (Wildman–Crippen LogP) is 1.17. The van der Waals surface area contributed by atoms with E-state index >= 15 is 0 Å². The molecule has 0 spiro atoms. The van der Waals surface area contributed by atoms with Crippen LogP contribution in [0, 0.1) is 5.92 Å². The van der Waals surface area contributed by atoms with Gasteiger partial charge in [-0.3, -0.25) is 0 Å². The highest BCUT2D eigenvalue weighted by atomic mass is 32.2. The molecule has 1 unspecified atom stereocenters. The lowest BCUT2D eigenvalue weighted by Crippen LogP contribution is -2.19. The summed E-state index contributed by atoms with van der Waals surface area (Å²) in [5, 5.41) is 8.47. The van der Waals surface area contributed by atoms with Gasteiger partial charge in [0.05, 0.1) is 11.0 Å². The average molecular weight is 240 g/mol. The Hall–Kier alpha value is 0.260. The molecule has 0 aliphatic heterocycles. The maximum absolute atomic E-state index is 11.4. The van der Waals surface area contributed by atoms with E-state index in [1.807, 2.05) is 6.92 Å². The second-order valence-corrected chi connectivity index (χ2v) is 7.61. The number of aliphatic hydroxyl groups excluding tert-OH is 1. The maximum Gasteiger partial charge on any atom is 0.153 e. The van der Waals surface area contributed by atoms with Crippen LogP contribution in [0.3, 0.4) is 0 Å². The molecule has 0 aromatic rings. The number of thioether (sulfide) groups is 1. The second-order valence-electron chi connectivity index (χ2n) is 3.78. The average Bonchev–Trinajstić information content (AvgIpc) is 2.11. The first-order valence-electron chi connectivity index (χ1n) is 4.80. The molecule has 0 saturated heterocycles. The van der Waals surface area contributed by atoms with Gasteiger partial charge in [-0.05, 0) is 25.5 Å². The Morgan fingerprint density at radius 3 is 2.29 bits per heavy atom. The molecule has 0 bridgehead atoms. The van der Waals surface area contributed by atoms with E-state index in [4.69, 9.17) is 5.11 Å².